The molecule has 120 valence electrons. The van der Waals surface area contributed by atoms with E-state index in [9.17, 15) is 14.4 Å². The minimum absolute atomic E-state index is 0.0474. The van der Waals surface area contributed by atoms with E-state index in [4.69, 9.17) is 14.6 Å². The van der Waals surface area contributed by atoms with Crippen molar-refractivity contribution in [1.29, 1.82) is 0 Å². The molecule has 7 nitrogen and oxygen atoms in total. The molecule has 2 N–H and O–H groups in total. The molecule has 0 fully saturated rings. The summed E-state index contributed by atoms with van der Waals surface area (Å²) in [5, 5.41) is 9.76. The highest BCUT2D eigenvalue weighted by Crippen LogP contribution is 2.09. The molecule has 0 atom stereocenters. The van der Waals surface area contributed by atoms with Crippen molar-refractivity contribution < 1.29 is 29.0 Å². The highest BCUT2D eigenvalue weighted by molar-refractivity contribution is 6.01. The first-order valence-corrected chi connectivity index (χ1v) is 6.27. The summed E-state index contributed by atoms with van der Waals surface area (Å²) in [5.74, 6) is -2.23. The predicted octanol–water partition coefficient (Wildman–Crippen LogP) is 1.42. The van der Waals surface area contributed by atoms with Gasteiger partial charge in [0.05, 0.1) is 6.42 Å². The number of carboxylic acid groups (broad SMARTS) is 1. The molecule has 1 amide bonds. The molecule has 21 heavy (non-hydrogen) atoms. The Morgan fingerprint density at radius 1 is 1.14 bits per heavy atom. The number of carbonyl (C=O) groups excluding carboxylic acids is 3. The molecule has 7 heteroatoms. The number of carboxylic acids is 1. The Labute approximate surface area is 124 Å². The van der Waals surface area contributed by atoms with Gasteiger partial charge in [0.2, 0.25) is 5.91 Å². The molecule has 0 aromatic heterocycles. The summed E-state index contributed by atoms with van der Waals surface area (Å²) in [7, 11) is 0. The van der Waals surface area contributed by atoms with Gasteiger partial charge in [-0.25, -0.2) is 4.79 Å². The van der Waals surface area contributed by atoms with E-state index in [1.54, 1.807) is 27.7 Å². The number of ketones is 1. The first-order chi connectivity index (χ1) is 9.38. The van der Waals surface area contributed by atoms with Gasteiger partial charge in [0.15, 0.2) is 0 Å². The van der Waals surface area contributed by atoms with Crippen molar-refractivity contribution in [3.05, 3.63) is 11.8 Å². The molecule has 0 aliphatic heterocycles. The number of hydrogen-bond acceptors (Lipinski definition) is 5. The molecule has 0 rings (SSSR count). The summed E-state index contributed by atoms with van der Waals surface area (Å²) in [4.78, 5) is 42.7. The number of hydrogen-bond donors (Lipinski definition) is 2. The summed E-state index contributed by atoms with van der Waals surface area (Å²) in [6.07, 6.45) is 1.19. The molecule has 0 aliphatic rings. The second-order valence-corrected chi connectivity index (χ2v) is 5.15. The highest BCUT2D eigenvalue weighted by Gasteiger charge is 2.20. The van der Waals surface area contributed by atoms with E-state index in [2.05, 4.69) is 5.32 Å². The number of esters is 1. The van der Waals surface area contributed by atoms with E-state index in [1.807, 2.05) is 0 Å². The summed E-state index contributed by atoms with van der Waals surface area (Å²) >= 11 is 0. The van der Waals surface area contributed by atoms with Crippen molar-refractivity contribution in [2.75, 3.05) is 0 Å². The maximum absolute atomic E-state index is 11.6. The normalized spacial score (nSPS) is 10.9. The van der Waals surface area contributed by atoms with Crippen molar-refractivity contribution >= 4 is 23.6 Å². The average Bonchev–Trinajstić information content (AvgIpc) is 2.21. The van der Waals surface area contributed by atoms with Crippen molar-refractivity contribution in [3.8, 4) is 0 Å². The van der Waals surface area contributed by atoms with Gasteiger partial charge in [-0.2, -0.15) is 0 Å². The van der Waals surface area contributed by atoms with E-state index in [-0.39, 0.29) is 17.9 Å². The predicted molar refractivity (Wildman–Crippen MR) is 76.4 cm³/mol. The monoisotopic (exact) mass is 301 g/mol. The van der Waals surface area contributed by atoms with Crippen LogP contribution in [0.15, 0.2) is 11.8 Å². The molecule has 0 aromatic carbocycles. The van der Waals surface area contributed by atoms with Crippen molar-refractivity contribution in [1.82, 2.24) is 5.32 Å². The van der Waals surface area contributed by atoms with Crippen LogP contribution in [-0.4, -0.2) is 34.3 Å². The fraction of sp³-hybridized carbons (Fsp3) is 0.571. The second kappa shape index (κ2) is 9.68. The fourth-order valence-electron chi connectivity index (χ4n) is 0.995. The van der Waals surface area contributed by atoms with E-state index in [0.29, 0.717) is 0 Å². The van der Waals surface area contributed by atoms with Crippen molar-refractivity contribution in [2.24, 2.45) is 0 Å². The number of nitrogens with one attached hydrogen (secondary N) is 1. The van der Waals surface area contributed by atoms with Crippen LogP contribution in [0.25, 0.3) is 0 Å². The quantitative estimate of drug-likeness (QED) is 0.461. The van der Waals surface area contributed by atoms with Gasteiger partial charge < -0.3 is 15.2 Å². The Bertz CT molecular complexity index is 427. The molecule has 0 saturated heterocycles. The zero-order valence-corrected chi connectivity index (χ0v) is 13.3. The fourth-order valence-corrected chi connectivity index (χ4v) is 0.995. The van der Waals surface area contributed by atoms with Gasteiger partial charge >= 0.3 is 5.97 Å². The number of rotatable bonds is 4. The topological polar surface area (TPSA) is 110 Å². The van der Waals surface area contributed by atoms with Gasteiger partial charge in [-0.1, -0.05) is 6.08 Å². The Morgan fingerprint density at radius 2 is 1.57 bits per heavy atom. The lowest BCUT2D eigenvalue weighted by atomic mass is 10.2. The van der Waals surface area contributed by atoms with E-state index in [1.165, 1.54) is 13.0 Å². The standard InChI is InChI=1S/C12H19NO4.C2H4O2/c1-6-9(11(16)17-12(3,4)5)13-10(15)7-8(2)14;1-2(3)4/h6H,7H2,1-5H3,(H,13,15);1H3,(H,3,4)/b9-6-;. The van der Waals surface area contributed by atoms with Crippen LogP contribution in [0.5, 0.6) is 0 Å². The van der Waals surface area contributed by atoms with Crippen LogP contribution in [0.3, 0.4) is 0 Å². The first kappa shape index (κ1) is 21.1. The summed E-state index contributed by atoms with van der Waals surface area (Å²) < 4.78 is 5.09. The van der Waals surface area contributed by atoms with Crippen LogP contribution in [0.2, 0.25) is 0 Å². The number of ether oxygens (including phenoxy) is 1. The minimum atomic E-state index is -0.833. The van der Waals surface area contributed by atoms with Crippen molar-refractivity contribution in [3.63, 3.8) is 0 Å². The zero-order chi connectivity index (χ0) is 17.2. The molecule has 0 spiro atoms. The Kier molecular flexibility index (Phi) is 9.74. The van der Waals surface area contributed by atoms with E-state index < -0.39 is 23.4 Å². The second-order valence-electron chi connectivity index (χ2n) is 5.15. The molecule has 0 bridgehead atoms. The van der Waals surface area contributed by atoms with Gasteiger partial charge in [0.1, 0.15) is 17.1 Å². The molecule has 0 saturated carbocycles. The third-order valence-corrected chi connectivity index (χ3v) is 1.59. The molecule has 0 radical (unpaired) electrons. The Hall–Kier alpha value is -2.18. The number of aliphatic carboxylic acids is 1. The van der Waals surface area contributed by atoms with Crippen LogP contribution >= 0.6 is 0 Å². The molecule has 0 unspecified atom stereocenters. The van der Waals surface area contributed by atoms with Gasteiger partial charge in [-0.05, 0) is 34.6 Å². The SMILES string of the molecule is C/C=C(\NC(=O)CC(C)=O)C(=O)OC(C)(C)C.CC(=O)O. The molecule has 0 heterocycles. The molecular weight excluding hydrogens is 278 g/mol. The molecule has 0 aromatic rings. The third-order valence-electron chi connectivity index (χ3n) is 1.59. The third kappa shape index (κ3) is 15.8. The maximum atomic E-state index is 11.6. The molecular formula is C14H23NO6. The van der Waals surface area contributed by atoms with Gasteiger partial charge in [0.25, 0.3) is 5.97 Å². The van der Waals surface area contributed by atoms with Crippen molar-refractivity contribution in [2.45, 2.75) is 53.6 Å². The average molecular weight is 301 g/mol. The smallest absolute Gasteiger partial charge is 0.354 e. The van der Waals surface area contributed by atoms with Crippen LogP contribution in [0, 0.1) is 0 Å². The van der Waals surface area contributed by atoms with E-state index in [0.717, 1.165) is 6.92 Å². The van der Waals surface area contributed by atoms with Crippen LogP contribution in [0.4, 0.5) is 0 Å². The summed E-state index contributed by atoms with van der Waals surface area (Å²) in [6, 6.07) is 0. The first-order valence-electron chi connectivity index (χ1n) is 6.27. The number of Topliss-reactive ketones (excluding diaryl/α,β-unsaturated/α-hetero) is 1. The summed E-state index contributed by atoms with van der Waals surface area (Å²) in [5.41, 5.74) is -0.581. The van der Waals surface area contributed by atoms with Gasteiger partial charge in [-0.15, -0.1) is 0 Å². The lowest BCUT2D eigenvalue weighted by Crippen LogP contribution is -2.33. The molecule has 0 aliphatic carbocycles. The Morgan fingerprint density at radius 3 is 1.86 bits per heavy atom. The largest absolute Gasteiger partial charge is 0.481 e. The lowest BCUT2D eigenvalue weighted by molar-refractivity contribution is -0.151. The van der Waals surface area contributed by atoms with Crippen LogP contribution < -0.4 is 5.32 Å². The van der Waals surface area contributed by atoms with E-state index >= 15 is 0 Å². The van der Waals surface area contributed by atoms with Crippen LogP contribution in [0.1, 0.15) is 48.0 Å². The highest BCUT2D eigenvalue weighted by atomic mass is 16.6. The Balaban J connectivity index is 0. The minimum Gasteiger partial charge on any atom is -0.481 e. The number of carbonyl (C=O) groups is 4. The van der Waals surface area contributed by atoms with Gasteiger partial charge in [-0.3, -0.25) is 14.4 Å². The number of amides is 1. The number of allylic oxidation sites excluding steroid dienone is 1. The van der Waals surface area contributed by atoms with Gasteiger partial charge in [0, 0.05) is 6.92 Å². The maximum Gasteiger partial charge on any atom is 0.354 e. The summed E-state index contributed by atoms with van der Waals surface area (Å²) in [6.45, 7) is 9.19. The zero-order valence-electron chi connectivity index (χ0n) is 13.3. The van der Waals surface area contributed by atoms with Crippen LogP contribution in [-0.2, 0) is 23.9 Å². The lowest BCUT2D eigenvalue weighted by Gasteiger charge is -2.20.